The molecule has 0 saturated carbocycles. The molecule has 2 nitrogen and oxygen atoms in total. The molecular formula is C14H13Cl2NO. The molecule has 0 radical (unpaired) electrons. The Morgan fingerprint density at radius 3 is 2.22 bits per heavy atom. The third-order valence-corrected chi connectivity index (χ3v) is 3.09. The monoisotopic (exact) mass is 281 g/mol. The van der Waals surface area contributed by atoms with E-state index in [1.54, 1.807) is 7.11 Å². The van der Waals surface area contributed by atoms with Gasteiger partial charge in [0.25, 0.3) is 0 Å². The highest BCUT2D eigenvalue weighted by molar-refractivity contribution is 6.37. The average molecular weight is 282 g/mol. The fraction of sp³-hybridized carbons (Fsp3) is 0.143. The highest BCUT2D eigenvalue weighted by Gasteiger charge is 2.08. The van der Waals surface area contributed by atoms with Crippen LogP contribution in [0.1, 0.15) is 5.56 Å². The van der Waals surface area contributed by atoms with Crippen molar-refractivity contribution in [2.75, 3.05) is 12.4 Å². The lowest BCUT2D eigenvalue weighted by Crippen LogP contribution is -1.99. The van der Waals surface area contributed by atoms with Crippen LogP contribution in [-0.2, 0) is 6.54 Å². The standard InChI is InChI=1S/C14H13Cl2NO/c1-18-14-12(15)7-10(8-13(14)16)9-17-11-5-3-2-4-6-11/h2-8,17H,9H2,1H3. The normalized spacial score (nSPS) is 10.2. The minimum absolute atomic E-state index is 0.516. The fourth-order valence-corrected chi connectivity index (χ4v) is 2.36. The highest BCUT2D eigenvalue weighted by Crippen LogP contribution is 2.33. The van der Waals surface area contributed by atoms with Crippen LogP contribution in [0.3, 0.4) is 0 Å². The van der Waals surface area contributed by atoms with Crippen LogP contribution in [0, 0.1) is 0 Å². The summed E-state index contributed by atoms with van der Waals surface area (Å²) in [5, 5.41) is 4.34. The van der Waals surface area contributed by atoms with E-state index in [0.29, 0.717) is 22.3 Å². The lowest BCUT2D eigenvalue weighted by Gasteiger charge is -2.10. The highest BCUT2D eigenvalue weighted by atomic mass is 35.5. The number of methoxy groups -OCH3 is 1. The maximum atomic E-state index is 6.08. The third-order valence-electron chi connectivity index (χ3n) is 2.53. The molecule has 2 aromatic rings. The third kappa shape index (κ3) is 3.09. The van der Waals surface area contributed by atoms with Crippen LogP contribution in [0.15, 0.2) is 42.5 Å². The summed E-state index contributed by atoms with van der Waals surface area (Å²) in [6.45, 7) is 0.660. The summed E-state index contributed by atoms with van der Waals surface area (Å²) in [6, 6.07) is 13.7. The molecule has 0 aliphatic carbocycles. The molecule has 0 saturated heterocycles. The van der Waals surface area contributed by atoms with Crippen LogP contribution in [-0.4, -0.2) is 7.11 Å². The fourth-order valence-electron chi connectivity index (χ4n) is 1.67. The summed E-state index contributed by atoms with van der Waals surface area (Å²) in [4.78, 5) is 0. The Morgan fingerprint density at radius 2 is 1.67 bits per heavy atom. The van der Waals surface area contributed by atoms with Crippen molar-refractivity contribution in [1.82, 2.24) is 0 Å². The second-order valence-electron chi connectivity index (χ2n) is 3.81. The first-order chi connectivity index (χ1) is 8.70. The molecule has 2 aromatic carbocycles. The average Bonchev–Trinajstić information content (AvgIpc) is 2.37. The van der Waals surface area contributed by atoms with Crippen molar-refractivity contribution in [3.63, 3.8) is 0 Å². The van der Waals surface area contributed by atoms with Gasteiger partial charge in [-0.1, -0.05) is 41.4 Å². The molecule has 0 aliphatic rings. The number of hydrogen-bond donors (Lipinski definition) is 1. The van der Waals surface area contributed by atoms with E-state index in [2.05, 4.69) is 5.32 Å². The number of ether oxygens (including phenoxy) is 1. The Bertz CT molecular complexity index is 506. The predicted molar refractivity (Wildman–Crippen MR) is 76.8 cm³/mol. The zero-order chi connectivity index (χ0) is 13.0. The van der Waals surface area contributed by atoms with Gasteiger partial charge in [-0.15, -0.1) is 0 Å². The van der Waals surface area contributed by atoms with Gasteiger partial charge in [-0.05, 0) is 29.8 Å². The van der Waals surface area contributed by atoms with Crippen LogP contribution in [0.4, 0.5) is 5.69 Å². The Kier molecular flexibility index (Phi) is 4.34. The molecule has 0 atom stereocenters. The molecular weight excluding hydrogens is 269 g/mol. The van der Waals surface area contributed by atoms with Gasteiger partial charge in [0, 0.05) is 12.2 Å². The van der Waals surface area contributed by atoms with Crippen molar-refractivity contribution in [3.05, 3.63) is 58.1 Å². The molecule has 1 N–H and O–H groups in total. The number of rotatable bonds is 4. The summed E-state index contributed by atoms with van der Waals surface area (Å²) in [5.74, 6) is 0.516. The lowest BCUT2D eigenvalue weighted by molar-refractivity contribution is 0.415. The molecule has 0 fully saturated rings. The summed E-state index contributed by atoms with van der Waals surface area (Å²) in [7, 11) is 1.55. The number of para-hydroxylation sites is 1. The molecule has 2 rings (SSSR count). The van der Waals surface area contributed by atoms with Gasteiger partial charge in [0.1, 0.15) is 0 Å². The van der Waals surface area contributed by atoms with Gasteiger partial charge in [0.2, 0.25) is 0 Å². The Hall–Kier alpha value is -1.38. The maximum Gasteiger partial charge on any atom is 0.156 e. The van der Waals surface area contributed by atoms with Gasteiger partial charge < -0.3 is 10.1 Å². The maximum absolute atomic E-state index is 6.08. The molecule has 0 amide bonds. The zero-order valence-electron chi connectivity index (χ0n) is 9.91. The summed E-state index contributed by atoms with van der Waals surface area (Å²) in [5.41, 5.74) is 2.07. The van der Waals surface area contributed by atoms with Crippen molar-refractivity contribution in [2.24, 2.45) is 0 Å². The second kappa shape index (κ2) is 5.98. The molecule has 0 aromatic heterocycles. The van der Waals surface area contributed by atoms with Crippen molar-refractivity contribution in [3.8, 4) is 5.75 Å². The number of nitrogens with one attached hydrogen (secondary N) is 1. The molecule has 18 heavy (non-hydrogen) atoms. The number of halogens is 2. The first-order valence-corrected chi connectivity index (χ1v) is 6.27. The Labute approximate surface area is 116 Å². The Morgan fingerprint density at radius 1 is 1.06 bits per heavy atom. The van der Waals surface area contributed by atoms with Gasteiger partial charge >= 0.3 is 0 Å². The number of benzene rings is 2. The van der Waals surface area contributed by atoms with Crippen LogP contribution >= 0.6 is 23.2 Å². The smallest absolute Gasteiger partial charge is 0.156 e. The summed E-state index contributed by atoms with van der Waals surface area (Å²) < 4.78 is 5.11. The van der Waals surface area contributed by atoms with E-state index in [4.69, 9.17) is 27.9 Å². The largest absolute Gasteiger partial charge is 0.494 e. The van der Waals surface area contributed by atoms with E-state index in [-0.39, 0.29) is 0 Å². The van der Waals surface area contributed by atoms with Crippen LogP contribution < -0.4 is 10.1 Å². The first-order valence-electron chi connectivity index (χ1n) is 5.51. The summed E-state index contributed by atoms with van der Waals surface area (Å²) in [6.07, 6.45) is 0. The number of anilines is 1. The van der Waals surface area contributed by atoms with Gasteiger partial charge in [0.15, 0.2) is 5.75 Å². The van der Waals surface area contributed by atoms with E-state index in [9.17, 15) is 0 Å². The molecule has 0 aliphatic heterocycles. The van der Waals surface area contributed by atoms with E-state index in [0.717, 1.165) is 11.3 Å². The molecule has 94 valence electrons. The van der Waals surface area contributed by atoms with E-state index in [1.807, 2.05) is 42.5 Å². The minimum atomic E-state index is 0.516. The van der Waals surface area contributed by atoms with Crippen molar-refractivity contribution in [2.45, 2.75) is 6.54 Å². The lowest BCUT2D eigenvalue weighted by atomic mass is 10.2. The minimum Gasteiger partial charge on any atom is -0.494 e. The van der Waals surface area contributed by atoms with Gasteiger partial charge in [-0.2, -0.15) is 0 Å². The molecule has 0 heterocycles. The number of hydrogen-bond acceptors (Lipinski definition) is 2. The molecule has 0 bridgehead atoms. The second-order valence-corrected chi connectivity index (χ2v) is 4.63. The van der Waals surface area contributed by atoms with E-state index in [1.165, 1.54) is 0 Å². The zero-order valence-corrected chi connectivity index (χ0v) is 11.4. The molecule has 0 spiro atoms. The quantitative estimate of drug-likeness (QED) is 0.883. The van der Waals surface area contributed by atoms with Crippen molar-refractivity contribution in [1.29, 1.82) is 0 Å². The van der Waals surface area contributed by atoms with Gasteiger partial charge in [-0.25, -0.2) is 0 Å². The first kappa shape index (κ1) is 13.1. The van der Waals surface area contributed by atoms with E-state index < -0.39 is 0 Å². The van der Waals surface area contributed by atoms with Crippen LogP contribution in [0.25, 0.3) is 0 Å². The summed E-state index contributed by atoms with van der Waals surface area (Å²) >= 11 is 12.2. The SMILES string of the molecule is COc1c(Cl)cc(CNc2ccccc2)cc1Cl. The van der Waals surface area contributed by atoms with E-state index >= 15 is 0 Å². The van der Waals surface area contributed by atoms with Crippen LogP contribution in [0.5, 0.6) is 5.75 Å². The van der Waals surface area contributed by atoms with Gasteiger partial charge in [-0.3, -0.25) is 0 Å². The molecule has 0 unspecified atom stereocenters. The van der Waals surface area contributed by atoms with Crippen molar-refractivity contribution >= 4 is 28.9 Å². The molecule has 4 heteroatoms. The van der Waals surface area contributed by atoms with Crippen LogP contribution in [0.2, 0.25) is 10.0 Å². The Balaban J connectivity index is 2.11. The van der Waals surface area contributed by atoms with Crippen molar-refractivity contribution < 1.29 is 4.74 Å². The van der Waals surface area contributed by atoms with Gasteiger partial charge in [0.05, 0.1) is 17.2 Å². The predicted octanol–water partition coefficient (Wildman–Crippen LogP) is 4.61. The topological polar surface area (TPSA) is 21.3 Å².